The summed E-state index contributed by atoms with van der Waals surface area (Å²) in [6, 6.07) is 0.142. The molecular weight excluding hydrogens is 185 g/mol. The molecule has 0 spiro atoms. The summed E-state index contributed by atoms with van der Waals surface area (Å²) in [5.41, 5.74) is 0. The Morgan fingerprint density at radius 3 is 2.79 bits per heavy atom. The van der Waals surface area contributed by atoms with Crippen molar-refractivity contribution < 1.29 is 13.9 Å². The van der Waals surface area contributed by atoms with Crippen molar-refractivity contribution >= 4 is 5.97 Å². The van der Waals surface area contributed by atoms with Crippen molar-refractivity contribution in [2.75, 3.05) is 19.8 Å². The first-order chi connectivity index (χ1) is 6.79. The van der Waals surface area contributed by atoms with E-state index in [1.807, 2.05) is 4.90 Å². The van der Waals surface area contributed by atoms with Crippen LogP contribution in [0, 0.1) is 5.92 Å². The molecule has 0 N–H and O–H groups in total. The highest BCUT2D eigenvalue weighted by molar-refractivity contribution is 5.80. The Balaban J connectivity index is 1.87. The number of halogens is 1. The molecule has 1 unspecified atom stereocenters. The second-order valence-electron chi connectivity index (χ2n) is 3.95. The average molecular weight is 201 g/mol. The third-order valence-corrected chi connectivity index (χ3v) is 2.95. The van der Waals surface area contributed by atoms with Gasteiger partial charge < -0.3 is 4.74 Å². The predicted molar refractivity (Wildman–Crippen MR) is 49.6 cm³/mol. The summed E-state index contributed by atoms with van der Waals surface area (Å²) in [7, 11) is 0. The van der Waals surface area contributed by atoms with Crippen LogP contribution in [0.2, 0.25) is 0 Å². The number of alkyl halides is 1. The molecule has 80 valence electrons. The minimum atomic E-state index is -0.376. The van der Waals surface area contributed by atoms with E-state index in [-0.39, 0.29) is 24.7 Å². The molecule has 1 heterocycles. The zero-order chi connectivity index (χ0) is 10.1. The Kier molecular flexibility index (Phi) is 2.72. The number of ether oxygens (including phenoxy) is 1. The highest BCUT2D eigenvalue weighted by Crippen LogP contribution is 2.46. The number of carbonyl (C=O) groups is 1. The first kappa shape index (κ1) is 9.90. The third kappa shape index (κ3) is 1.75. The van der Waals surface area contributed by atoms with Crippen molar-refractivity contribution in [1.29, 1.82) is 0 Å². The van der Waals surface area contributed by atoms with Crippen LogP contribution in [0.5, 0.6) is 0 Å². The fourth-order valence-electron chi connectivity index (χ4n) is 2.15. The summed E-state index contributed by atoms with van der Waals surface area (Å²) in [5.74, 6) is 0.453. The lowest BCUT2D eigenvalue weighted by atomic mass is 10.2. The van der Waals surface area contributed by atoms with E-state index in [1.54, 1.807) is 6.92 Å². The summed E-state index contributed by atoms with van der Waals surface area (Å²) >= 11 is 0. The van der Waals surface area contributed by atoms with E-state index in [1.165, 1.54) is 12.8 Å². The molecule has 1 saturated heterocycles. The van der Waals surface area contributed by atoms with E-state index >= 15 is 0 Å². The molecule has 0 bridgehead atoms. The SMILES string of the molecule is CCOC(=O)[C@H]1[C@@H](C2CC2)N1CCF. The summed E-state index contributed by atoms with van der Waals surface area (Å²) in [5, 5.41) is 0. The van der Waals surface area contributed by atoms with Crippen LogP contribution in [0.3, 0.4) is 0 Å². The number of rotatable bonds is 5. The highest BCUT2D eigenvalue weighted by Gasteiger charge is 2.59. The van der Waals surface area contributed by atoms with Crippen LogP contribution < -0.4 is 0 Å². The van der Waals surface area contributed by atoms with E-state index in [9.17, 15) is 9.18 Å². The molecule has 1 saturated carbocycles. The monoisotopic (exact) mass is 201 g/mol. The fraction of sp³-hybridized carbons (Fsp3) is 0.900. The molecule has 2 rings (SSSR count). The second-order valence-corrected chi connectivity index (χ2v) is 3.95. The van der Waals surface area contributed by atoms with Crippen LogP contribution >= 0.6 is 0 Å². The molecule has 3 nitrogen and oxygen atoms in total. The van der Waals surface area contributed by atoms with Crippen LogP contribution in [0.4, 0.5) is 4.39 Å². The van der Waals surface area contributed by atoms with Gasteiger partial charge in [0.2, 0.25) is 0 Å². The lowest BCUT2D eigenvalue weighted by Gasteiger charge is -1.99. The number of carbonyl (C=O) groups excluding carboxylic acids is 1. The van der Waals surface area contributed by atoms with Crippen molar-refractivity contribution in [3.63, 3.8) is 0 Å². The van der Waals surface area contributed by atoms with Gasteiger partial charge in [0, 0.05) is 12.6 Å². The lowest BCUT2D eigenvalue weighted by Crippen LogP contribution is -2.17. The zero-order valence-corrected chi connectivity index (χ0v) is 8.41. The van der Waals surface area contributed by atoms with Gasteiger partial charge in [0.05, 0.1) is 6.61 Å². The highest BCUT2D eigenvalue weighted by atomic mass is 19.1. The first-order valence-corrected chi connectivity index (χ1v) is 5.28. The number of nitrogens with zero attached hydrogens (tertiary/aromatic N) is 1. The first-order valence-electron chi connectivity index (χ1n) is 5.28. The molecule has 14 heavy (non-hydrogen) atoms. The molecule has 1 aliphatic heterocycles. The Bertz CT molecular complexity index is 230. The molecule has 0 amide bonds. The Hall–Kier alpha value is -0.640. The average Bonchev–Trinajstić information content (AvgIpc) is 2.97. The van der Waals surface area contributed by atoms with E-state index in [0.29, 0.717) is 19.1 Å². The standard InChI is InChI=1S/C10H16FNO2/c1-2-14-10(13)9-8(7-3-4-7)12(9)6-5-11/h7-9H,2-6H2,1H3/t8-,9-,12?/m1/s1. The molecule has 0 aromatic heterocycles. The van der Waals surface area contributed by atoms with Crippen LogP contribution in [0.1, 0.15) is 19.8 Å². The molecular formula is C10H16FNO2. The van der Waals surface area contributed by atoms with Gasteiger partial charge >= 0.3 is 5.97 Å². The van der Waals surface area contributed by atoms with Gasteiger partial charge in [-0.2, -0.15) is 0 Å². The summed E-state index contributed by atoms with van der Waals surface area (Å²) in [4.78, 5) is 13.4. The van der Waals surface area contributed by atoms with Crippen molar-refractivity contribution in [1.82, 2.24) is 4.90 Å². The lowest BCUT2D eigenvalue weighted by molar-refractivity contribution is -0.143. The largest absolute Gasteiger partial charge is 0.465 e. The van der Waals surface area contributed by atoms with Crippen LogP contribution in [0.25, 0.3) is 0 Å². The van der Waals surface area contributed by atoms with Gasteiger partial charge in [-0.3, -0.25) is 9.69 Å². The molecule has 2 aliphatic rings. The molecule has 2 fully saturated rings. The maximum absolute atomic E-state index is 12.2. The van der Waals surface area contributed by atoms with Gasteiger partial charge in [-0.1, -0.05) is 0 Å². The van der Waals surface area contributed by atoms with Crippen LogP contribution in [0.15, 0.2) is 0 Å². The van der Waals surface area contributed by atoms with Gasteiger partial charge in [-0.25, -0.2) is 4.39 Å². The Morgan fingerprint density at radius 2 is 2.29 bits per heavy atom. The maximum Gasteiger partial charge on any atom is 0.325 e. The number of esters is 1. The predicted octanol–water partition coefficient (Wildman–Crippen LogP) is 0.982. The molecule has 1 aliphatic carbocycles. The van der Waals surface area contributed by atoms with Crippen molar-refractivity contribution in [3.8, 4) is 0 Å². The topological polar surface area (TPSA) is 29.3 Å². The quantitative estimate of drug-likeness (QED) is 0.490. The molecule has 3 atom stereocenters. The second kappa shape index (κ2) is 3.85. The zero-order valence-electron chi connectivity index (χ0n) is 8.41. The normalized spacial score (nSPS) is 35.4. The van der Waals surface area contributed by atoms with Gasteiger partial charge in [0.1, 0.15) is 12.7 Å². The molecule has 0 aromatic rings. The number of hydrogen-bond donors (Lipinski definition) is 0. The fourth-order valence-corrected chi connectivity index (χ4v) is 2.15. The van der Waals surface area contributed by atoms with Gasteiger partial charge in [-0.05, 0) is 25.7 Å². The summed E-state index contributed by atoms with van der Waals surface area (Å²) < 4.78 is 17.1. The van der Waals surface area contributed by atoms with E-state index < -0.39 is 0 Å². The van der Waals surface area contributed by atoms with E-state index in [2.05, 4.69) is 0 Å². The summed E-state index contributed by atoms with van der Waals surface area (Å²) in [6.07, 6.45) is 2.37. The van der Waals surface area contributed by atoms with Crippen LogP contribution in [-0.4, -0.2) is 42.8 Å². The number of hydrogen-bond acceptors (Lipinski definition) is 3. The van der Waals surface area contributed by atoms with Crippen LogP contribution in [-0.2, 0) is 9.53 Å². The molecule has 4 heteroatoms. The third-order valence-electron chi connectivity index (χ3n) is 2.95. The maximum atomic E-state index is 12.2. The van der Waals surface area contributed by atoms with E-state index in [0.717, 1.165) is 0 Å². The summed E-state index contributed by atoms with van der Waals surface area (Å²) in [6.45, 7) is 2.21. The smallest absolute Gasteiger partial charge is 0.325 e. The Labute approximate surface area is 83.2 Å². The van der Waals surface area contributed by atoms with Crippen molar-refractivity contribution in [2.45, 2.75) is 31.8 Å². The molecule has 0 aromatic carbocycles. The van der Waals surface area contributed by atoms with Gasteiger partial charge in [0.25, 0.3) is 0 Å². The minimum Gasteiger partial charge on any atom is -0.465 e. The van der Waals surface area contributed by atoms with E-state index in [4.69, 9.17) is 4.74 Å². The van der Waals surface area contributed by atoms with Crippen molar-refractivity contribution in [3.05, 3.63) is 0 Å². The molecule has 0 radical (unpaired) electrons. The van der Waals surface area contributed by atoms with Gasteiger partial charge in [0.15, 0.2) is 0 Å². The minimum absolute atomic E-state index is 0.141. The van der Waals surface area contributed by atoms with Gasteiger partial charge in [-0.15, -0.1) is 0 Å². The Morgan fingerprint density at radius 1 is 1.57 bits per heavy atom. The van der Waals surface area contributed by atoms with Crippen molar-refractivity contribution in [2.24, 2.45) is 5.92 Å².